The molecule has 0 bridgehead atoms. The molecule has 0 radical (unpaired) electrons. The van der Waals surface area contributed by atoms with Gasteiger partial charge in [0.15, 0.2) is 5.82 Å². The maximum absolute atomic E-state index is 12.5. The number of amides is 1. The predicted octanol–water partition coefficient (Wildman–Crippen LogP) is 1.86. The third-order valence-electron chi connectivity index (χ3n) is 5.04. The molecule has 27 heavy (non-hydrogen) atoms. The van der Waals surface area contributed by atoms with Crippen LogP contribution in [-0.4, -0.2) is 53.4 Å². The van der Waals surface area contributed by atoms with Crippen LogP contribution in [0, 0.1) is 6.92 Å². The number of imidazole rings is 1. The van der Waals surface area contributed by atoms with Crippen LogP contribution in [0.2, 0.25) is 0 Å². The van der Waals surface area contributed by atoms with Crippen molar-refractivity contribution in [3.8, 4) is 0 Å². The molecule has 4 rings (SSSR count). The van der Waals surface area contributed by atoms with E-state index >= 15 is 0 Å². The van der Waals surface area contributed by atoms with Crippen molar-refractivity contribution in [3.63, 3.8) is 0 Å². The van der Waals surface area contributed by atoms with E-state index in [9.17, 15) is 4.79 Å². The summed E-state index contributed by atoms with van der Waals surface area (Å²) in [5.74, 6) is 2.46. The van der Waals surface area contributed by atoms with Gasteiger partial charge in [0.2, 0.25) is 5.76 Å². The normalized spacial score (nSPS) is 15.4. The van der Waals surface area contributed by atoms with Crippen molar-refractivity contribution >= 4 is 5.91 Å². The number of aryl methyl sites for hydroxylation is 1. The topological polar surface area (TPSA) is 94.9 Å². The van der Waals surface area contributed by atoms with Crippen LogP contribution in [0.15, 0.2) is 29.3 Å². The summed E-state index contributed by atoms with van der Waals surface area (Å²) in [4.78, 5) is 18.4. The van der Waals surface area contributed by atoms with Gasteiger partial charge < -0.3 is 18.6 Å². The van der Waals surface area contributed by atoms with Gasteiger partial charge in [-0.15, -0.1) is 10.2 Å². The third-order valence-corrected chi connectivity index (χ3v) is 5.04. The molecule has 1 fully saturated rings. The Kier molecular flexibility index (Phi) is 4.74. The lowest BCUT2D eigenvalue weighted by Gasteiger charge is -2.31. The number of nitrogens with zero attached hydrogens (tertiary/aromatic N) is 7. The second kappa shape index (κ2) is 7.34. The maximum Gasteiger partial charge on any atom is 0.292 e. The Morgan fingerprint density at radius 2 is 2.11 bits per heavy atom. The van der Waals surface area contributed by atoms with Crippen molar-refractivity contribution in [2.45, 2.75) is 45.7 Å². The number of carbonyl (C=O) groups excluding carboxylic acids is 1. The fourth-order valence-corrected chi connectivity index (χ4v) is 3.62. The second-order valence-corrected chi connectivity index (χ2v) is 6.85. The van der Waals surface area contributed by atoms with Crippen LogP contribution in [0.1, 0.15) is 53.6 Å². The number of hydrogen-bond acceptors (Lipinski definition) is 6. The fourth-order valence-electron chi connectivity index (χ4n) is 3.62. The number of carbonyl (C=O) groups is 1. The quantitative estimate of drug-likeness (QED) is 0.681. The molecule has 1 aliphatic rings. The first-order valence-corrected chi connectivity index (χ1v) is 9.26. The Bertz CT molecular complexity index is 904. The van der Waals surface area contributed by atoms with Gasteiger partial charge in [0.05, 0.1) is 18.6 Å². The number of likely N-dealkylation sites (tertiary alicyclic amines) is 1. The largest absolute Gasteiger partial charge is 0.351 e. The number of hydrogen-bond donors (Lipinski definition) is 0. The minimum Gasteiger partial charge on any atom is -0.351 e. The minimum atomic E-state index is -0.0909. The summed E-state index contributed by atoms with van der Waals surface area (Å²) in [7, 11) is 0. The molecule has 0 N–H and O–H groups in total. The molecular weight excluding hydrogens is 346 g/mol. The van der Waals surface area contributed by atoms with Gasteiger partial charge in [-0.3, -0.25) is 4.79 Å². The summed E-state index contributed by atoms with van der Waals surface area (Å²) < 4.78 is 9.27. The lowest BCUT2D eigenvalue weighted by Crippen LogP contribution is -2.38. The van der Waals surface area contributed by atoms with Crippen LogP contribution >= 0.6 is 0 Å². The molecule has 4 heterocycles. The Morgan fingerprint density at radius 3 is 2.74 bits per heavy atom. The van der Waals surface area contributed by atoms with Gasteiger partial charge >= 0.3 is 0 Å². The van der Waals surface area contributed by atoms with Gasteiger partial charge in [-0.25, -0.2) is 4.98 Å². The second-order valence-electron chi connectivity index (χ2n) is 6.85. The van der Waals surface area contributed by atoms with E-state index < -0.39 is 0 Å². The number of rotatable bonds is 5. The zero-order valence-electron chi connectivity index (χ0n) is 15.6. The van der Waals surface area contributed by atoms with Gasteiger partial charge in [0, 0.05) is 44.0 Å². The molecule has 1 aliphatic heterocycles. The highest BCUT2D eigenvalue weighted by molar-refractivity contribution is 5.91. The standard InChI is InChI=1S/C18H23N7O2/c1-3-25-16(11-23-9-6-19-12-23)20-21-17(25)14-4-7-24(8-5-14)18(26)15-10-13(2)22-27-15/h6,9-10,12,14H,3-5,7-8,11H2,1-2H3. The van der Waals surface area contributed by atoms with Crippen molar-refractivity contribution in [3.05, 3.63) is 47.9 Å². The summed E-state index contributed by atoms with van der Waals surface area (Å²) in [6, 6.07) is 1.69. The SMILES string of the molecule is CCn1c(Cn2ccnc2)nnc1C1CCN(C(=O)c2cc(C)no2)CC1. The van der Waals surface area contributed by atoms with Crippen molar-refractivity contribution < 1.29 is 9.32 Å². The molecule has 0 aliphatic carbocycles. The van der Waals surface area contributed by atoms with E-state index in [4.69, 9.17) is 4.52 Å². The van der Waals surface area contributed by atoms with E-state index in [0.717, 1.165) is 36.7 Å². The highest BCUT2D eigenvalue weighted by Crippen LogP contribution is 2.28. The van der Waals surface area contributed by atoms with Gasteiger partial charge in [0.25, 0.3) is 5.91 Å². The van der Waals surface area contributed by atoms with E-state index in [1.54, 1.807) is 18.6 Å². The molecule has 9 nitrogen and oxygen atoms in total. The van der Waals surface area contributed by atoms with Crippen molar-refractivity contribution in [2.75, 3.05) is 13.1 Å². The van der Waals surface area contributed by atoms with Gasteiger partial charge in [0.1, 0.15) is 5.82 Å². The molecule has 1 saturated heterocycles. The predicted molar refractivity (Wildman–Crippen MR) is 96.1 cm³/mol. The van der Waals surface area contributed by atoms with Crippen molar-refractivity contribution in [1.82, 2.24) is 34.4 Å². The molecule has 0 saturated carbocycles. The van der Waals surface area contributed by atoms with Crippen LogP contribution in [0.5, 0.6) is 0 Å². The van der Waals surface area contributed by atoms with E-state index in [1.165, 1.54) is 0 Å². The molecule has 3 aromatic rings. The van der Waals surface area contributed by atoms with E-state index in [1.807, 2.05) is 22.6 Å². The van der Waals surface area contributed by atoms with Crippen LogP contribution in [0.25, 0.3) is 0 Å². The zero-order valence-corrected chi connectivity index (χ0v) is 15.6. The van der Waals surface area contributed by atoms with Crippen LogP contribution in [0.4, 0.5) is 0 Å². The minimum absolute atomic E-state index is 0.0909. The molecular formula is C18H23N7O2. The smallest absolute Gasteiger partial charge is 0.292 e. The molecule has 1 amide bonds. The first-order chi connectivity index (χ1) is 13.2. The Labute approximate surface area is 157 Å². The highest BCUT2D eigenvalue weighted by Gasteiger charge is 2.29. The van der Waals surface area contributed by atoms with Gasteiger partial charge in [-0.05, 0) is 26.7 Å². The fraction of sp³-hybridized carbons (Fsp3) is 0.500. The third kappa shape index (κ3) is 3.49. The van der Waals surface area contributed by atoms with Crippen molar-refractivity contribution in [2.24, 2.45) is 0 Å². The molecule has 0 aromatic carbocycles. The molecule has 0 atom stereocenters. The monoisotopic (exact) mass is 369 g/mol. The zero-order chi connectivity index (χ0) is 18.8. The maximum atomic E-state index is 12.5. The van der Waals surface area contributed by atoms with E-state index in [2.05, 4.69) is 31.8 Å². The van der Waals surface area contributed by atoms with Gasteiger partial charge in [-0.2, -0.15) is 0 Å². The summed E-state index contributed by atoms with van der Waals surface area (Å²) in [6.45, 7) is 6.75. The molecule has 9 heteroatoms. The Hall–Kier alpha value is -2.97. The van der Waals surface area contributed by atoms with E-state index in [0.29, 0.717) is 31.3 Å². The average molecular weight is 369 g/mol. The first-order valence-electron chi connectivity index (χ1n) is 9.26. The van der Waals surface area contributed by atoms with Crippen LogP contribution in [-0.2, 0) is 13.1 Å². The van der Waals surface area contributed by atoms with Crippen LogP contribution in [0.3, 0.4) is 0 Å². The molecule has 0 spiro atoms. The number of aromatic nitrogens is 6. The summed E-state index contributed by atoms with van der Waals surface area (Å²) >= 11 is 0. The van der Waals surface area contributed by atoms with E-state index in [-0.39, 0.29) is 5.91 Å². The number of piperidine rings is 1. The summed E-state index contributed by atoms with van der Waals surface area (Å²) in [5.41, 5.74) is 0.717. The highest BCUT2D eigenvalue weighted by atomic mass is 16.5. The lowest BCUT2D eigenvalue weighted by molar-refractivity contribution is 0.0668. The molecule has 3 aromatic heterocycles. The first kappa shape index (κ1) is 17.4. The lowest BCUT2D eigenvalue weighted by atomic mass is 9.95. The van der Waals surface area contributed by atoms with Crippen molar-refractivity contribution in [1.29, 1.82) is 0 Å². The average Bonchev–Trinajstić information content (AvgIpc) is 3.43. The Morgan fingerprint density at radius 1 is 1.30 bits per heavy atom. The van der Waals surface area contributed by atoms with Crippen LogP contribution < -0.4 is 0 Å². The molecule has 0 unspecified atom stereocenters. The summed E-state index contributed by atoms with van der Waals surface area (Å²) in [5, 5.41) is 12.7. The molecule has 142 valence electrons. The Balaban J connectivity index is 1.43. The van der Waals surface area contributed by atoms with Gasteiger partial charge in [-0.1, -0.05) is 5.16 Å². The summed E-state index contributed by atoms with van der Waals surface area (Å²) in [6.07, 6.45) is 7.19.